The zero-order chi connectivity index (χ0) is 22.0. The number of carboxylic acids is 1. The number of fused-ring (bicyclic) bond motifs is 1. The van der Waals surface area contributed by atoms with Crippen LogP contribution in [0.2, 0.25) is 0 Å². The molecule has 4 rings (SSSR count). The van der Waals surface area contributed by atoms with Gasteiger partial charge >= 0.3 is 5.97 Å². The summed E-state index contributed by atoms with van der Waals surface area (Å²) in [7, 11) is 0. The van der Waals surface area contributed by atoms with Crippen LogP contribution in [0.15, 0.2) is 54.6 Å². The van der Waals surface area contributed by atoms with E-state index in [-0.39, 0.29) is 12.2 Å². The minimum atomic E-state index is -1.13. The van der Waals surface area contributed by atoms with E-state index in [1.165, 1.54) is 12.1 Å². The van der Waals surface area contributed by atoms with Gasteiger partial charge in [-0.15, -0.1) is 0 Å². The first kappa shape index (κ1) is 21.2. The molecule has 31 heavy (non-hydrogen) atoms. The number of hydrogen-bond acceptors (Lipinski definition) is 4. The van der Waals surface area contributed by atoms with Crippen molar-refractivity contribution < 1.29 is 24.5 Å². The highest BCUT2D eigenvalue weighted by molar-refractivity contribution is 5.99. The van der Waals surface area contributed by atoms with E-state index >= 15 is 0 Å². The Labute approximate surface area is 179 Å². The minimum Gasteiger partial charge on any atom is -0.481 e. The van der Waals surface area contributed by atoms with E-state index in [0.717, 1.165) is 46.1 Å². The van der Waals surface area contributed by atoms with Crippen LogP contribution in [-0.2, 0) is 4.79 Å². The lowest BCUT2D eigenvalue weighted by atomic mass is 9.92. The molecule has 2 aromatic carbocycles. The van der Waals surface area contributed by atoms with Crippen LogP contribution < -0.4 is 0 Å². The number of aliphatic hydroxyl groups is 2. The molecule has 0 unspecified atom stereocenters. The Kier molecular flexibility index (Phi) is 6.11. The quantitative estimate of drug-likeness (QED) is 0.498. The first-order valence-corrected chi connectivity index (χ1v) is 10.4. The van der Waals surface area contributed by atoms with Crippen molar-refractivity contribution in [1.82, 2.24) is 4.98 Å². The number of halogens is 1. The van der Waals surface area contributed by atoms with Crippen LogP contribution in [0.3, 0.4) is 0 Å². The number of carboxylic acid groups (broad SMARTS) is 1. The van der Waals surface area contributed by atoms with Gasteiger partial charge in [0.25, 0.3) is 0 Å². The van der Waals surface area contributed by atoms with E-state index in [4.69, 9.17) is 10.1 Å². The Morgan fingerprint density at radius 1 is 1.13 bits per heavy atom. The second-order valence-electron chi connectivity index (χ2n) is 8.00. The smallest absolute Gasteiger partial charge is 0.305 e. The fourth-order valence-electron chi connectivity index (χ4n) is 3.86. The molecule has 1 fully saturated rings. The standard InChI is InChI=1S/C25H24FNO4/c26-17-9-7-15(8-10-17)24-20-3-1-2-4-22(20)27-25(16-5-6-16)21(24)12-11-18(28)13-19(29)14-23(30)31/h1-4,7-12,16,18-19,28-29H,5-6,13-14H2,(H,30,31)/b12-11+/t18-,19+/m0/s1. The van der Waals surface area contributed by atoms with Crippen molar-refractivity contribution in [1.29, 1.82) is 0 Å². The molecular formula is C25H24FNO4. The van der Waals surface area contributed by atoms with Crippen LogP contribution in [0.25, 0.3) is 28.1 Å². The molecule has 3 aromatic rings. The molecule has 1 aliphatic rings. The summed E-state index contributed by atoms with van der Waals surface area (Å²) in [6, 6.07) is 14.1. The van der Waals surface area contributed by atoms with E-state index in [9.17, 15) is 19.4 Å². The van der Waals surface area contributed by atoms with Gasteiger partial charge in [0.05, 0.1) is 29.8 Å². The molecule has 5 nitrogen and oxygen atoms in total. The second-order valence-corrected chi connectivity index (χ2v) is 8.00. The van der Waals surface area contributed by atoms with Gasteiger partial charge in [0, 0.05) is 28.9 Å². The Hall–Kier alpha value is -3.09. The molecule has 3 N–H and O–H groups in total. The molecular weight excluding hydrogens is 397 g/mol. The summed E-state index contributed by atoms with van der Waals surface area (Å²) in [5.41, 5.74) is 4.43. The number of pyridine rings is 1. The van der Waals surface area contributed by atoms with E-state index in [0.29, 0.717) is 5.92 Å². The normalized spacial score (nSPS) is 16.0. The van der Waals surface area contributed by atoms with E-state index in [2.05, 4.69) is 0 Å². The highest BCUT2D eigenvalue weighted by Gasteiger charge is 2.29. The van der Waals surface area contributed by atoms with Gasteiger partial charge in [-0.2, -0.15) is 0 Å². The third-order valence-electron chi connectivity index (χ3n) is 5.47. The van der Waals surface area contributed by atoms with Crippen molar-refractivity contribution >= 4 is 22.9 Å². The van der Waals surface area contributed by atoms with Gasteiger partial charge in [-0.05, 0) is 36.6 Å². The lowest BCUT2D eigenvalue weighted by molar-refractivity contribution is -0.139. The lowest BCUT2D eigenvalue weighted by Gasteiger charge is -2.16. The second kappa shape index (κ2) is 8.96. The minimum absolute atomic E-state index is 0.0749. The van der Waals surface area contributed by atoms with Crippen molar-refractivity contribution in [2.75, 3.05) is 0 Å². The zero-order valence-corrected chi connectivity index (χ0v) is 16.9. The fraction of sp³-hybridized carbons (Fsp3) is 0.280. The summed E-state index contributed by atoms with van der Waals surface area (Å²) >= 11 is 0. The monoisotopic (exact) mass is 421 g/mol. The first-order chi connectivity index (χ1) is 14.9. The molecule has 1 aliphatic carbocycles. The van der Waals surface area contributed by atoms with Gasteiger partial charge in [0.15, 0.2) is 0 Å². The summed E-state index contributed by atoms with van der Waals surface area (Å²) in [5, 5.41) is 29.9. The van der Waals surface area contributed by atoms with Crippen molar-refractivity contribution in [3.05, 3.63) is 71.7 Å². The summed E-state index contributed by atoms with van der Waals surface area (Å²) in [6.45, 7) is 0. The van der Waals surface area contributed by atoms with Crippen molar-refractivity contribution in [3.63, 3.8) is 0 Å². The Bertz CT molecular complexity index is 1120. The number of benzene rings is 2. The van der Waals surface area contributed by atoms with E-state index < -0.39 is 24.6 Å². The van der Waals surface area contributed by atoms with Crippen LogP contribution in [0, 0.1) is 5.82 Å². The summed E-state index contributed by atoms with van der Waals surface area (Å²) < 4.78 is 13.6. The van der Waals surface area contributed by atoms with E-state index in [1.54, 1.807) is 24.3 Å². The number of aromatic nitrogens is 1. The molecule has 0 saturated heterocycles. The van der Waals surface area contributed by atoms with Gasteiger partial charge in [0.1, 0.15) is 5.82 Å². The number of nitrogens with zero attached hydrogens (tertiary/aromatic N) is 1. The molecule has 6 heteroatoms. The topological polar surface area (TPSA) is 90.7 Å². The van der Waals surface area contributed by atoms with Gasteiger partial charge in [-0.1, -0.05) is 42.5 Å². The molecule has 2 atom stereocenters. The molecule has 1 saturated carbocycles. The molecule has 1 aromatic heterocycles. The molecule has 1 heterocycles. The average molecular weight is 421 g/mol. The maximum atomic E-state index is 13.6. The predicted molar refractivity (Wildman–Crippen MR) is 117 cm³/mol. The number of para-hydroxylation sites is 1. The van der Waals surface area contributed by atoms with Crippen molar-refractivity contribution in [2.45, 2.75) is 43.8 Å². The van der Waals surface area contributed by atoms with Crippen LogP contribution in [0.5, 0.6) is 0 Å². The third kappa shape index (κ3) is 4.98. The molecule has 0 spiro atoms. The highest BCUT2D eigenvalue weighted by Crippen LogP contribution is 2.45. The Balaban J connectivity index is 1.79. The van der Waals surface area contributed by atoms with Crippen LogP contribution in [0.1, 0.15) is 42.9 Å². The largest absolute Gasteiger partial charge is 0.481 e. The fourth-order valence-corrected chi connectivity index (χ4v) is 3.86. The number of rotatable bonds is 8. The molecule has 0 amide bonds. The first-order valence-electron chi connectivity index (χ1n) is 10.4. The number of carbonyl (C=O) groups is 1. The van der Waals surface area contributed by atoms with E-state index in [1.807, 2.05) is 24.3 Å². The van der Waals surface area contributed by atoms with Crippen molar-refractivity contribution in [2.24, 2.45) is 0 Å². The predicted octanol–water partition coefficient (Wildman–Crippen LogP) is 4.52. The average Bonchev–Trinajstić information content (AvgIpc) is 3.56. The maximum Gasteiger partial charge on any atom is 0.305 e. The maximum absolute atomic E-state index is 13.6. The summed E-state index contributed by atoms with van der Waals surface area (Å²) in [6.07, 6.45) is 2.80. The molecule has 0 bridgehead atoms. The Morgan fingerprint density at radius 3 is 2.52 bits per heavy atom. The highest BCUT2D eigenvalue weighted by atomic mass is 19.1. The lowest BCUT2D eigenvalue weighted by Crippen LogP contribution is -2.19. The number of hydrogen-bond donors (Lipinski definition) is 3. The Morgan fingerprint density at radius 2 is 1.84 bits per heavy atom. The van der Waals surface area contributed by atoms with Crippen LogP contribution >= 0.6 is 0 Å². The molecule has 160 valence electrons. The summed E-state index contributed by atoms with van der Waals surface area (Å²) in [5.74, 6) is -1.10. The van der Waals surface area contributed by atoms with Crippen LogP contribution in [0.4, 0.5) is 4.39 Å². The van der Waals surface area contributed by atoms with Crippen molar-refractivity contribution in [3.8, 4) is 11.1 Å². The summed E-state index contributed by atoms with van der Waals surface area (Å²) in [4.78, 5) is 15.6. The van der Waals surface area contributed by atoms with Gasteiger partial charge in [0.2, 0.25) is 0 Å². The van der Waals surface area contributed by atoms with Gasteiger partial charge in [-0.25, -0.2) is 4.39 Å². The zero-order valence-electron chi connectivity index (χ0n) is 16.9. The van der Waals surface area contributed by atoms with Crippen LogP contribution in [-0.4, -0.2) is 38.5 Å². The van der Waals surface area contributed by atoms with Gasteiger partial charge in [-0.3, -0.25) is 9.78 Å². The molecule has 0 aliphatic heterocycles. The third-order valence-corrected chi connectivity index (χ3v) is 5.47. The SMILES string of the molecule is O=C(O)C[C@H](O)C[C@@H](O)/C=C/c1c(C2CC2)nc2ccccc2c1-c1ccc(F)cc1. The molecule has 0 radical (unpaired) electrons. The number of aliphatic hydroxyl groups excluding tert-OH is 2. The van der Waals surface area contributed by atoms with Gasteiger partial charge < -0.3 is 15.3 Å². The number of aliphatic carboxylic acids is 1.